The molecule has 12 bridgehead atoms. The Morgan fingerprint density at radius 1 is 0.244 bits per heavy atom. The maximum absolute atomic E-state index is 5.51. The molecule has 0 saturated carbocycles. The van der Waals surface area contributed by atoms with Gasteiger partial charge in [0.1, 0.15) is 33.4 Å². The summed E-state index contributed by atoms with van der Waals surface area (Å²) in [5.41, 5.74) is 26.5. The van der Waals surface area contributed by atoms with E-state index in [9.17, 15) is 0 Å². The Morgan fingerprint density at radius 2 is 0.476 bits per heavy atom. The van der Waals surface area contributed by atoms with Gasteiger partial charge in [-0.3, -0.25) is 0 Å². The number of rotatable bonds is 9. The van der Waals surface area contributed by atoms with Crippen molar-refractivity contribution in [3.05, 3.63) is 285 Å². The lowest BCUT2D eigenvalue weighted by Crippen LogP contribution is -2.28. The van der Waals surface area contributed by atoms with Gasteiger partial charge in [-0.15, -0.1) is 15.3 Å². The predicted molar refractivity (Wildman–Crippen MR) is 330 cm³/mol. The van der Waals surface area contributed by atoms with Gasteiger partial charge in [0.25, 0.3) is 0 Å². The molecule has 12 aliphatic rings. The van der Waals surface area contributed by atoms with Gasteiger partial charge in [0.15, 0.2) is 0 Å². The summed E-state index contributed by atoms with van der Waals surface area (Å²) in [7, 11) is -1.85. The lowest BCUT2D eigenvalue weighted by atomic mass is 9.95. The molecule has 0 aliphatic heterocycles. The Hall–Kier alpha value is -9.17. The standard InChI is InChI=1S/C72H60N9P/c1-4-10-61(11-5-1)67-70(73-76-79(67)64-46-55-31-28-49-16-22-52(23-17-49)34-40-58(64)43-37-55)82(71-68(62-12-6-2-7-13-62)80(77-74-71)65-47-56-32-29-50-18-24-53(25-19-50)35-41-59(65)44-38-56)72-69(63-14-8-3-9-15-63)81(78-75-72)66-48-57-33-30-51-20-26-54(27-21-51)36-42-60(66)45-39-57/h1-27,37-39,43-48H,28-36,40-42H2. The molecule has 3 aromatic heterocycles. The molecule has 0 radical (unpaired) electrons. The number of aromatic nitrogens is 9. The summed E-state index contributed by atoms with van der Waals surface area (Å²) < 4.78 is 6.38. The van der Waals surface area contributed by atoms with Gasteiger partial charge in [0, 0.05) is 16.7 Å². The van der Waals surface area contributed by atoms with Crippen molar-refractivity contribution in [2.45, 2.75) is 77.0 Å². The van der Waals surface area contributed by atoms with Crippen molar-refractivity contribution in [3.8, 4) is 50.8 Å². The van der Waals surface area contributed by atoms with Gasteiger partial charge in [-0.2, -0.15) is 0 Å². The summed E-state index contributed by atoms with van der Waals surface area (Å²) in [6.07, 6.45) is 10.8. The Balaban J connectivity index is 0.997. The molecule has 0 amide bonds. The summed E-state index contributed by atoms with van der Waals surface area (Å²) >= 11 is 0. The zero-order valence-corrected chi connectivity index (χ0v) is 46.6. The molecule has 9 aromatic carbocycles. The second-order valence-corrected chi connectivity index (χ2v) is 24.2. The second kappa shape index (κ2) is 21.7. The van der Waals surface area contributed by atoms with Crippen LogP contribution in [0.3, 0.4) is 0 Å². The SMILES string of the molecule is c1ccc(-c2c(P(c3nnn(-c4cc5ccc4CCc4ccc(cc4)CC5)c3-c3ccccc3)c3nnn(-c4cc5ccc4CCc4ccc(cc4)CC5)c3-c3ccccc3)nnn2-c2cc3ccc2CCc2ccc(cc2)CC3)cc1. The smallest absolute Gasteiger partial charge is 0.126 e. The number of nitrogens with zero attached hydrogens (tertiary/aromatic N) is 9. The molecule has 82 heavy (non-hydrogen) atoms. The van der Waals surface area contributed by atoms with Crippen LogP contribution in [0.15, 0.2) is 218 Å². The average molecular weight is 1080 g/mol. The van der Waals surface area contributed by atoms with E-state index in [1.807, 2.05) is 0 Å². The third-order valence-corrected chi connectivity index (χ3v) is 19.3. The topological polar surface area (TPSA) is 92.1 Å². The van der Waals surface area contributed by atoms with E-state index in [1.165, 1.54) is 66.8 Å². The summed E-state index contributed by atoms with van der Waals surface area (Å²) in [4.78, 5) is 0. The Kier molecular flexibility index (Phi) is 13.2. The van der Waals surface area contributed by atoms with Crippen LogP contribution >= 0.6 is 7.92 Å². The highest BCUT2D eigenvalue weighted by Crippen LogP contribution is 2.44. The molecule has 0 spiro atoms. The first-order valence-corrected chi connectivity index (χ1v) is 30.4. The third-order valence-electron chi connectivity index (χ3n) is 17.1. The van der Waals surface area contributed by atoms with E-state index < -0.39 is 7.92 Å². The van der Waals surface area contributed by atoms with E-state index >= 15 is 0 Å². The predicted octanol–water partition coefficient (Wildman–Crippen LogP) is 12.8. The number of hydrogen-bond donors (Lipinski definition) is 0. The van der Waals surface area contributed by atoms with Gasteiger partial charge in [0.2, 0.25) is 0 Å². The molecule has 398 valence electrons. The summed E-state index contributed by atoms with van der Waals surface area (Å²) in [6.45, 7) is 0. The molecule has 0 atom stereocenters. The minimum atomic E-state index is -1.85. The van der Waals surface area contributed by atoms with E-state index in [1.54, 1.807) is 0 Å². The minimum Gasteiger partial charge on any atom is -0.212 e. The van der Waals surface area contributed by atoms with Crippen molar-refractivity contribution in [2.75, 3.05) is 0 Å². The van der Waals surface area contributed by atoms with Crippen molar-refractivity contribution < 1.29 is 0 Å². The van der Waals surface area contributed by atoms with Gasteiger partial charge in [-0.05, 0) is 162 Å². The molecular weight excluding hydrogens is 1020 g/mol. The largest absolute Gasteiger partial charge is 0.212 e. The van der Waals surface area contributed by atoms with Crippen molar-refractivity contribution >= 4 is 24.2 Å². The molecule has 12 aliphatic carbocycles. The van der Waals surface area contributed by atoms with Crippen molar-refractivity contribution in [2.24, 2.45) is 0 Å². The quantitative estimate of drug-likeness (QED) is 0.134. The zero-order chi connectivity index (χ0) is 54.3. The van der Waals surface area contributed by atoms with E-state index in [0.29, 0.717) is 0 Å². The first kappa shape index (κ1) is 49.8. The molecule has 0 saturated heterocycles. The van der Waals surface area contributed by atoms with E-state index in [0.717, 1.165) is 144 Å². The highest BCUT2D eigenvalue weighted by molar-refractivity contribution is 7.79. The van der Waals surface area contributed by atoms with Crippen molar-refractivity contribution in [1.82, 2.24) is 45.0 Å². The Labute approximate surface area is 479 Å². The summed E-state index contributed by atoms with van der Waals surface area (Å²) in [5, 5.41) is 32.6. The van der Waals surface area contributed by atoms with Gasteiger partial charge in [-0.1, -0.05) is 216 Å². The normalized spacial score (nSPS) is 13.9. The lowest BCUT2D eigenvalue weighted by Gasteiger charge is -2.20. The monoisotopic (exact) mass is 1080 g/mol. The van der Waals surface area contributed by atoms with Gasteiger partial charge >= 0.3 is 0 Å². The molecule has 0 fully saturated rings. The van der Waals surface area contributed by atoms with Crippen LogP contribution in [0.2, 0.25) is 0 Å². The van der Waals surface area contributed by atoms with Crippen LogP contribution in [-0.4, -0.2) is 45.0 Å². The molecule has 0 unspecified atom stereocenters. The van der Waals surface area contributed by atoms with E-state index in [4.69, 9.17) is 30.9 Å². The van der Waals surface area contributed by atoms with Gasteiger partial charge in [-0.25, -0.2) is 14.0 Å². The first-order valence-electron chi connectivity index (χ1n) is 29.0. The molecule has 0 N–H and O–H groups in total. The summed E-state index contributed by atoms with van der Waals surface area (Å²) in [6, 6.07) is 80.7. The summed E-state index contributed by atoms with van der Waals surface area (Å²) in [5.74, 6) is 0. The fourth-order valence-corrected chi connectivity index (χ4v) is 14.8. The van der Waals surface area contributed by atoms with Crippen molar-refractivity contribution in [1.29, 1.82) is 0 Å². The minimum absolute atomic E-state index is 0.778. The van der Waals surface area contributed by atoms with Crippen LogP contribution in [0, 0.1) is 0 Å². The van der Waals surface area contributed by atoms with Crippen molar-refractivity contribution in [3.63, 3.8) is 0 Å². The lowest BCUT2D eigenvalue weighted by molar-refractivity contribution is 0.789. The first-order chi connectivity index (χ1) is 40.6. The van der Waals surface area contributed by atoms with Crippen LogP contribution in [-0.2, 0) is 77.0 Å². The highest BCUT2D eigenvalue weighted by Gasteiger charge is 2.38. The molecule has 12 aromatic rings. The van der Waals surface area contributed by atoms with E-state index in [-0.39, 0.29) is 0 Å². The fourth-order valence-electron chi connectivity index (χ4n) is 12.5. The van der Waals surface area contributed by atoms with Gasteiger partial charge < -0.3 is 0 Å². The maximum Gasteiger partial charge on any atom is 0.126 e. The molecule has 3 heterocycles. The van der Waals surface area contributed by atoms with Crippen LogP contribution in [0.25, 0.3) is 50.8 Å². The Morgan fingerprint density at radius 3 is 0.744 bits per heavy atom. The third kappa shape index (κ3) is 9.69. The molecule has 24 rings (SSSR count). The number of benzene rings is 9. The fraction of sp³-hybridized carbons (Fsp3) is 0.167. The second-order valence-electron chi connectivity index (χ2n) is 22.3. The molecular formula is C72H60N9P. The number of hydrogen-bond acceptors (Lipinski definition) is 6. The van der Waals surface area contributed by atoms with Gasteiger partial charge in [0.05, 0.1) is 25.0 Å². The van der Waals surface area contributed by atoms with Crippen LogP contribution < -0.4 is 16.3 Å². The Bertz CT molecular complexity index is 3820. The highest BCUT2D eigenvalue weighted by atomic mass is 31.1. The molecule has 10 heteroatoms. The average Bonchev–Trinajstić information content (AvgIpc) is 4.43. The molecule has 9 nitrogen and oxygen atoms in total. The van der Waals surface area contributed by atoms with Crippen LogP contribution in [0.1, 0.15) is 66.8 Å². The van der Waals surface area contributed by atoms with Crippen LogP contribution in [0.4, 0.5) is 0 Å². The maximum atomic E-state index is 5.51. The van der Waals surface area contributed by atoms with Crippen LogP contribution in [0.5, 0.6) is 0 Å². The number of aryl methyl sites for hydroxylation is 12. The zero-order valence-electron chi connectivity index (χ0n) is 45.7. The van der Waals surface area contributed by atoms with E-state index in [2.05, 4.69) is 232 Å².